The van der Waals surface area contributed by atoms with Crippen molar-refractivity contribution in [2.75, 3.05) is 6.61 Å². The largest absolute Gasteiger partial charge is 0.379 e. The van der Waals surface area contributed by atoms with Gasteiger partial charge in [-0.15, -0.1) is 0 Å². The Kier molecular flexibility index (Phi) is 3.14. The van der Waals surface area contributed by atoms with Crippen LogP contribution in [0.5, 0.6) is 0 Å². The van der Waals surface area contributed by atoms with Crippen molar-refractivity contribution in [1.82, 2.24) is 0 Å². The molecule has 0 aliphatic carbocycles. The first-order valence-corrected chi connectivity index (χ1v) is 2.18. The summed E-state index contributed by atoms with van der Waals surface area (Å²) in [6.07, 6.45) is 0.336. The lowest BCUT2D eigenvalue weighted by atomic mass is 10.5. The molecule has 0 aromatic carbocycles. The molecule has 0 heterocycles. The quantitative estimate of drug-likeness (QED) is 0.492. The molecule has 0 fully saturated rings. The molecule has 6 heavy (non-hydrogen) atoms. The summed E-state index contributed by atoms with van der Waals surface area (Å²) in [7, 11) is 0. The fraction of sp³-hybridized carbons (Fsp3) is 0.800. The summed E-state index contributed by atoms with van der Waals surface area (Å²) in [4.78, 5) is 0. The van der Waals surface area contributed by atoms with E-state index >= 15 is 0 Å². The highest BCUT2D eigenvalue weighted by atomic mass is 16.5. The summed E-state index contributed by atoms with van der Waals surface area (Å²) < 4.78 is 4.93. The molecular formula is C5H11O. The maximum atomic E-state index is 4.93. The van der Waals surface area contributed by atoms with Gasteiger partial charge in [-0.2, -0.15) is 0 Å². The average molecular weight is 87.1 g/mol. The van der Waals surface area contributed by atoms with Gasteiger partial charge in [-0.25, -0.2) is 0 Å². The molecule has 0 aromatic heterocycles. The number of rotatable bonds is 2. The summed E-state index contributed by atoms with van der Waals surface area (Å²) >= 11 is 0. The summed E-state index contributed by atoms with van der Waals surface area (Å²) in [5.41, 5.74) is 0. The zero-order chi connectivity index (χ0) is 4.99. The minimum atomic E-state index is 0.336. The summed E-state index contributed by atoms with van der Waals surface area (Å²) in [5.74, 6) is 0. The lowest BCUT2D eigenvalue weighted by Crippen LogP contribution is -2.00. The second kappa shape index (κ2) is 3.16. The molecule has 0 aromatic rings. The number of hydrogen-bond acceptors (Lipinski definition) is 1. The number of ether oxygens (including phenoxy) is 1. The van der Waals surface area contributed by atoms with E-state index in [0.717, 1.165) is 0 Å². The van der Waals surface area contributed by atoms with Crippen LogP contribution >= 0.6 is 0 Å². The predicted molar refractivity (Wildman–Crippen MR) is 26.4 cm³/mol. The average Bonchev–Trinajstić information content (AvgIpc) is 1.35. The zero-order valence-corrected chi connectivity index (χ0v) is 4.40. The molecule has 1 nitrogen and oxygen atoms in total. The van der Waals surface area contributed by atoms with Crippen LogP contribution in [0.1, 0.15) is 13.8 Å². The van der Waals surface area contributed by atoms with Crippen LogP contribution in [-0.2, 0) is 4.74 Å². The van der Waals surface area contributed by atoms with Crippen molar-refractivity contribution in [2.24, 2.45) is 0 Å². The van der Waals surface area contributed by atoms with Gasteiger partial charge in [0, 0.05) is 6.61 Å². The summed E-state index contributed by atoms with van der Waals surface area (Å²) in [6.45, 7) is 8.07. The van der Waals surface area contributed by atoms with E-state index in [1.165, 1.54) is 0 Å². The standard InChI is InChI=1S/C5H11O/c1-4-6-5(2)3/h5H,1,4H2,2-3H3. The third-order valence-electron chi connectivity index (χ3n) is 0.451. The van der Waals surface area contributed by atoms with Gasteiger partial charge in [0.05, 0.1) is 6.10 Å². The first kappa shape index (κ1) is 5.96. The highest BCUT2D eigenvalue weighted by Gasteiger charge is 1.83. The Morgan fingerprint density at radius 2 is 2.17 bits per heavy atom. The molecule has 0 saturated heterocycles. The van der Waals surface area contributed by atoms with Crippen LogP contribution in [-0.4, -0.2) is 12.7 Å². The molecule has 0 saturated carbocycles. The molecule has 0 aliphatic heterocycles. The van der Waals surface area contributed by atoms with Crippen LogP contribution in [0.3, 0.4) is 0 Å². The Bertz CT molecular complexity index is 25.1. The third-order valence-corrected chi connectivity index (χ3v) is 0.451. The molecule has 37 valence electrons. The van der Waals surface area contributed by atoms with Gasteiger partial charge in [-0.1, -0.05) is 0 Å². The van der Waals surface area contributed by atoms with Crippen LogP contribution < -0.4 is 0 Å². The van der Waals surface area contributed by atoms with E-state index in [0.29, 0.717) is 12.7 Å². The Morgan fingerprint density at radius 3 is 2.17 bits per heavy atom. The maximum Gasteiger partial charge on any atom is 0.0518 e. The molecule has 0 atom stereocenters. The van der Waals surface area contributed by atoms with E-state index in [4.69, 9.17) is 4.74 Å². The van der Waals surface area contributed by atoms with Gasteiger partial charge in [0.25, 0.3) is 0 Å². The van der Waals surface area contributed by atoms with Crippen molar-refractivity contribution in [3.8, 4) is 0 Å². The molecule has 0 unspecified atom stereocenters. The van der Waals surface area contributed by atoms with E-state index in [2.05, 4.69) is 6.92 Å². The van der Waals surface area contributed by atoms with Crippen molar-refractivity contribution in [3.63, 3.8) is 0 Å². The van der Waals surface area contributed by atoms with Crippen LogP contribution in [0.25, 0.3) is 0 Å². The van der Waals surface area contributed by atoms with Crippen LogP contribution in [0.4, 0.5) is 0 Å². The smallest absolute Gasteiger partial charge is 0.0518 e. The fourth-order valence-corrected chi connectivity index (χ4v) is 0.236. The molecular weight excluding hydrogens is 76.1 g/mol. The molecule has 0 amide bonds. The van der Waals surface area contributed by atoms with Crippen LogP contribution in [0.15, 0.2) is 0 Å². The van der Waals surface area contributed by atoms with E-state index in [9.17, 15) is 0 Å². The van der Waals surface area contributed by atoms with Crippen molar-refractivity contribution in [2.45, 2.75) is 20.0 Å². The predicted octanol–water partition coefficient (Wildman–Crippen LogP) is 1.25. The van der Waals surface area contributed by atoms with Gasteiger partial charge >= 0.3 is 0 Å². The summed E-state index contributed by atoms with van der Waals surface area (Å²) in [6, 6.07) is 0. The van der Waals surface area contributed by atoms with Crippen molar-refractivity contribution in [1.29, 1.82) is 0 Å². The number of hydrogen-bond donors (Lipinski definition) is 0. The Balaban J connectivity index is 2.63. The topological polar surface area (TPSA) is 9.23 Å². The molecule has 0 aliphatic rings. The molecule has 0 spiro atoms. The molecule has 0 bridgehead atoms. The van der Waals surface area contributed by atoms with Crippen molar-refractivity contribution in [3.05, 3.63) is 6.92 Å². The lowest BCUT2D eigenvalue weighted by Gasteiger charge is -2.00. The normalized spacial score (nSPS) is 10.0. The summed E-state index contributed by atoms with van der Waals surface area (Å²) in [5, 5.41) is 0. The molecule has 0 N–H and O–H groups in total. The molecule has 0 rings (SSSR count). The fourth-order valence-electron chi connectivity index (χ4n) is 0.236. The van der Waals surface area contributed by atoms with Gasteiger partial charge in [0.15, 0.2) is 0 Å². The van der Waals surface area contributed by atoms with Crippen LogP contribution in [0.2, 0.25) is 0 Å². The van der Waals surface area contributed by atoms with Gasteiger partial charge in [0.2, 0.25) is 0 Å². The van der Waals surface area contributed by atoms with E-state index in [-0.39, 0.29) is 0 Å². The Morgan fingerprint density at radius 1 is 1.67 bits per heavy atom. The van der Waals surface area contributed by atoms with E-state index in [1.54, 1.807) is 0 Å². The first-order valence-electron chi connectivity index (χ1n) is 2.18. The van der Waals surface area contributed by atoms with Gasteiger partial charge in [-0.05, 0) is 20.8 Å². The zero-order valence-electron chi connectivity index (χ0n) is 4.40. The molecule has 1 radical (unpaired) electrons. The Labute approximate surface area is 39.3 Å². The highest BCUT2D eigenvalue weighted by Crippen LogP contribution is 1.82. The maximum absolute atomic E-state index is 4.93. The minimum Gasteiger partial charge on any atom is -0.379 e. The lowest BCUT2D eigenvalue weighted by molar-refractivity contribution is 0.101. The van der Waals surface area contributed by atoms with Crippen molar-refractivity contribution < 1.29 is 4.74 Å². The van der Waals surface area contributed by atoms with Gasteiger partial charge < -0.3 is 4.74 Å². The second-order valence-corrected chi connectivity index (χ2v) is 1.42. The Hall–Kier alpha value is -0.0400. The van der Waals surface area contributed by atoms with Crippen molar-refractivity contribution >= 4 is 0 Å². The van der Waals surface area contributed by atoms with Gasteiger partial charge in [-0.3, -0.25) is 0 Å². The highest BCUT2D eigenvalue weighted by molar-refractivity contribution is 4.36. The van der Waals surface area contributed by atoms with Crippen LogP contribution in [0, 0.1) is 6.92 Å². The second-order valence-electron chi connectivity index (χ2n) is 1.42. The monoisotopic (exact) mass is 87.1 g/mol. The van der Waals surface area contributed by atoms with E-state index in [1.807, 2.05) is 13.8 Å². The third kappa shape index (κ3) is 3.96. The van der Waals surface area contributed by atoms with Gasteiger partial charge in [0.1, 0.15) is 0 Å². The SMILES string of the molecule is [CH2]COC(C)C. The first-order chi connectivity index (χ1) is 2.77. The minimum absolute atomic E-state index is 0.336. The van der Waals surface area contributed by atoms with E-state index < -0.39 is 0 Å². The molecule has 1 heteroatoms.